The Bertz CT molecular complexity index is 428. The summed E-state index contributed by atoms with van der Waals surface area (Å²) in [7, 11) is 0. The van der Waals surface area contributed by atoms with Gasteiger partial charge in [-0.25, -0.2) is 4.98 Å². The van der Waals surface area contributed by atoms with Crippen molar-refractivity contribution in [1.82, 2.24) is 15.2 Å². The van der Waals surface area contributed by atoms with Crippen LogP contribution in [0.2, 0.25) is 0 Å². The number of anilines is 1. The fourth-order valence-electron chi connectivity index (χ4n) is 1.53. The maximum Gasteiger partial charge on any atom is 0.271 e. The van der Waals surface area contributed by atoms with E-state index in [4.69, 9.17) is 5.73 Å². The van der Waals surface area contributed by atoms with Gasteiger partial charge in [0.25, 0.3) is 5.91 Å². The molecular weight excluding hydrogens is 252 g/mol. The number of rotatable bonds is 5. The molecule has 100 valence electrons. The van der Waals surface area contributed by atoms with Gasteiger partial charge < -0.3 is 16.0 Å². The SMILES string of the molecule is CCN(CC)C(=O)C(C)NC(=O)c1csc(N)n1. The van der Waals surface area contributed by atoms with Crippen LogP contribution in [0.5, 0.6) is 0 Å². The van der Waals surface area contributed by atoms with Gasteiger partial charge in [-0.15, -0.1) is 11.3 Å². The number of amides is 2. The number of carbonyl (C=O) groups excluding carboxylic acids is 2. The molecule has 0 spiro atoms. The summed E-state index contributed by atoms with van der Waals surface area (Å²) in [4.78, 5) is 29.3. The molecule has 1 heterocycles. The first-order chi connectivity index (χ1) is 8.49. The lowest BCUT2D eigenvalue weighted by atomic mass is 10.2. The molecule has 0 aliphatic heterocycles. The zero-order valence-corrected chi connectivity index (χ0v) is 11.6. The van der Waals surface area contributed by atoms with E-state index >= 15 is 0 Å². The Balaban J connectivity index is 2.62. The lowest BCUT2D eigenvalue weighted by Crippen LogP contribution is -2.46. The summed E-state index contributed by atoms with van der Waals surface area (Å²) in [5.74, 6) is -0.479. The largest absolute Gasteiger partial charge is 0.375 e. The van der Waals surface area contributed by atoms with E-state index in [1.165, 1.54) is 11.3 Å². The molecule has 7 heteroatoms. The minimum Gasteiger partial charge on any atom is -0.375 e. The van der Waals surface area contributed by atoms with Crippen LogP contribution in [0, 0.1) is 0 Å². The second-order valence-corrected chi connectivity index (χ2v) is 4.67. The zero-order valence-electron chi connectivity index (χ0n) is 10.8. The molecule has 0 aliphatic carbocycles. The van der Waals surface area contributed by atoms with Crippen LogP contribution < -0.4 is 11.1 Å². The van der Waals surface area contributed by atoms with Crippen LogP contribution in [0.3, 0.4) is 0 Å². The van der Waals surface area contributed by atoms with Crippen LogP contribution in [0.4, 0.5) is 5.13 Å². The van der Waals surface area contributed by atoms with Crippen molar-refractivity contribution in [1.29, 1.82) is 0 Å². The number of thiazole rings is 1. The van der Waals surface area contributed by atoms with Gasteiger partial charge in [-0.3, -0.25) is 9.59 Å². The summed E-state index contributed by atoms with van der Waals surface area (Å²) in [6.45, 7) is 6.71. The predicted molar refractivity (Wildman–Crippen MR) is 71.4 cm³/mol. The smallest absolute Gasteiger partial charge is 0.271 e. The Morgan fingerprint density at radius 3 is 2.56 bits per heavy atom. The molecule has 0 aliphatic rings. The van der Waals surface area contributed by atoms with Crippen LogP contribution >= 0.6 is 11.3 Å². The van der Waals surface area contributed by atoms with Crippen molar-refractivity contribution < 1.29 is 9.59 Å². The van der Waals surface area contributed by atoms with Crippen molar-refractivity contribution in [3.05, 3.63) is 11.1 Å². The second-order valence-electron chi connectivity index (χ2n) is 3.78. The third kappa shape index (κ3) is 3.43. The average Bonchev–Trinajstić information content (AvgIpc) is 2.77. The molecule has 1 atom stereocenters. The van der Waals surface area contributed by atoms with E-state index in [1.807, 2.05) is 13.8 Å². The maximum atomic E-state index is 11.9. The van der Waals surface area contributed by atoms with E-state index in [1.54, 1.807) is 17.2 Å². The van der Waals surface area contributed by atoms with Crippen molar-refractivity contribution >= 4 is 28.3 Å². The molecule has 2 amide bonds. The fraction of sp³-hybridized carbons (Fsp3) is 0.545. The number of likely N-dealkylation sites (N-methyl/N-ethyl adjacent to an activating group) is 1. The van der Waals surface area contributed by atoms with Gasteiger partial charge in [0.05, 0.1) is 0 Å². The number of hydrogen-bond acceptors (Lipinski definition) is 5. The summed E-state index contributed by atoms with van der Waals surface area (Å²) in [5, 5.41) is 4.52. The van der Waals surface area contributed by atoms with Crippen LogP contribution in [0.1, 0.15) is 31.3 Å². The minimum absolute atomic E-state index is 0.100. The monoisotopic (exact) mass is 270 g/mol. The van der Waals surface area contributed by atoms with Gasteiger partial charge in [-0.1, -0.05) is 0 Å². The van der Waals surface area contributed by atoms with Crippen molar-refractivity contribution in [2.75, 3.05) is 18.8 Å². The van der Waals surface area contributed by atoms with Gasteiger partial charge in [0, 0.05) is 18.5 Å². The standard InChI is InChI=1S/C11H18N4O2S/c1-4-15(5-2)10(17)7(3)13-9(16)8-6-18-11(12)14-8/h6-7H,4-5H2,1-3H3,(H2,12,14)(H,13,16). The number of aromatic nitrogens is 1. The molecule has 18 heavy (non-hydrogen) atoms. The first-order valence-electron chi connectivity index (χ1n) is 5.80. The highest BCUT2D eigenvalue weighted by atomic mass is 32.1. The molecule has 1 aromatic rings. The summed E-state index contributed by atoms with van der Waals surface area (Å²) in [6, 6.07) is -0.569. The molecule has 0 fully saturated rings. The Morgan fingerprint density at radius 1 is 1.50 bits per heavy atom. The predicted octanol–water partition coefficient (Wildman–Crippen LogP) is 0.712. The molecule has 1 aromatic heterocycles. The molecule has 0 bridgehead atoms. The molecule has 0 saturated carbocycles. The van der Waals surface area contributed by atoms with E-state index in [-0.39, 0.29) is 17.5 Å². The molecule has 0 saturated heterocycles. The van der Waals surface area contributed by atoms with E-state index in [2.05, 4.69) is 10.3 Å². The third-order valence-electron chi connectivity index (χ3n) is 2.55. The van der Waals surface area contributed by atoms with Gasteiger partial charge in [0.15, 0.2) is 5.13 Å². The van der Waals surface area contributed by atoms with Gasteiger partial charge in [-0.2, -0.15) is 0 Å². The van der Waals surface area contributed by atoms with E-state index in [9.17, 15) is 9.59 Å². The molecule has 1 unspecified atom stereocenters. The van der Waals surface area contributed by atoms with Crippen LogP contribution in [0.15, 0.2) is 5.38 Å². The lowest BCUT2D eigenvalue weighted by Gasteiger charge is -2.23. The number of nitrogens with two attached hydrogens (primary N) is 1. The van der Waals surface area contributed by atoms with E-state index < -0.39 is 6.04 Å². The van der Waals surface area contributed by atoms with Crippen LogP contribution in [0.25, 0.3) is 0 Å². The number of hydrogen-bond donors (Lipinski definition) is 2. The van der Waals surface area contributed by atoms with Crippen LogP contribution in [-0.4, -0.2) is 40.8 Å². The molecule has 1 rings (SSSR count). The Morgan fingerprint density at radius 2 is 2.11 bits per heavy atom. The first kappa shape index (κ1) is 14.4. The normalized spacial score (nSPS) is 11.9. The van der Waals surface area contributed by atoms with Gasteiger partial charge in [-0.05, 0) is 20.8 Å². The van der Waals surface area contributed by atoms with Crippen molar-refractivity contribution in [3.63, 3.8) is 0 Å². The topological polar surface area (TPSA) is 88.3 Å². The highest BCUT2D eigenvalue weighted by molar-refractivity contribution is 7.13. The summed E-state index contributed by atoms with van der Waals surface area (Å²) < 4.78 is 0. The third-order valence-corrected chi connectivity index (χ3v) is 3.22. The van der Waals surface area contributed by atoms with Crippen molar-refractivity contribution in [3.8, 4) is 0 Å². The van der Waals surface area contributed by atoms with Gasteiger partial charge >= 0.3 is 0 Å². The van der Waals surface area contributed by atoms with Gasteiger partial charge in [0.1, 0.15) is 11.7 Å². The molecule has 3 N–H and O–H groups in total. The Kier molecular flexibility index (Phi) is 5.08. The summed E-state index contributed by atoms with van der Waals surface area (Å²) in [5.41, 5.74) is 5.70. The number of carbonyl (C=O) groups is 2. The number of nitrogens with zero attached hydrogens (tertiary/aromatic N) is 2. The highest BCUT2D eigenvalue weighted by Crippen LogP contribution is 2.10. The summed E-state index contributed by atoms with van der Waals surface area (Å²) in [6.07, 6.45) is 0. The van der Waals surface area contributed by atoms with Gasteiger partial charge in [0.2, 0.25) is 5.91 Å². The lowest BCUT2D eigenvalue weighted by molar-refractivity contribution is -0.132. The Hall–Kier alpha value is -1.63. The van der Waals surface area contributed by atoms with Crippen LogP contribution in [-0.2, 0) is 4.79 Å². The molecular formula is C11H18N4O2S. The number of nitrogen functional groups attached to an aromatic ring is 1. The first-order valence-corrected chi connectivity index (χ1v) is 6.68. The fourth-order valence-corrected chi connectivity index (χ4v) is 2.08. The highest BCUT2D eigenvalue weighted by Gasteiger charge is 2.21. The average molecular weight is 270 g/mol. The zero-order chi connectivity index (χ0) is 13.7. The maximum absolute atomic E-state index is 11.9. The number of nitrogens with one attached hydrogen (secondary N) is 1. The summed E-state index contributed by atoms with van der Waals surface area (Å²) >= 11 is 1.19. The van der Waals surface area contributed by atoms with E-state index in [0.717, 1.165) is 0 Å². The minimum atomic E-state index is -0.569. The second kappa shape index (κ2) is 6.34. The molecule has 6 nitrogen and oxygen atoms in total. The molecule has 0 radical (unpaired) electrons. The van der Waals surface area contributed by atoms with Crippen molar-refractivity contribution in [2.45, 2.75) is 26.8 Å². The van der Waals surface area contributed by atoms with Crippen molar-refractivity contribution in [2.24, 2.45) is 0 Å². The Labute approximate surface area is 110 Å². The quantitative estimate of drug-likeness (QED) is 0.825. The van der Waals surface area contributed by atoms with E-state index in [0.29, 0.717) is 18.2 Å². The molecule has 0 aromatic carbocycles.